The van der Waals surface area contributed by atoms with E-state index in [-0.39, 0.29) is 23.1 Å². The van der Waals surface area contributed by atoms with Gasteiger partial charge in [0.25, 0.3) is 11.6 Å². The van der Waals surface area contributed by atoms with Crippen LogP contribution in [0.3, 0.4) is 0 Å². The van der Waals surface area contributed by atoms with Gasteiger partial charge in [0, 0.05) is 27.7 Å². The number of halogens is 1. The molecule has 0 unspecified atom stereocenters. The number of carbonyl (C=O) groups is 1. The van der Waals surface area contributed by atoms with Crippen molar-refractivity contribution >= 4 is 39.8 Å². The maximum atomic E-state index is 13.5. The Bertz CT molecular complexity index is 2030. The number of ether oxygens (including phenoxy) is 3. The largest absolute Gasteiger partial charge is 0.494 e. The minimum Gasteiger partial charge on any atom is -0.494 e. The molecule has 6 aromatic rings. The lowest BCUT2D eigenvalue weighted by Crippen LogP contribution is -2.13. The van der Waals surface area contributed by atoms with E-state index in [2.05, 4.69) is 5.32 Å². The van der Waals surface area contributed by atoms with Crippen LogP contribution in [0.2, 0.25) is 5.02 Å². The number of nitrogens with zero attached hydrogens (tertiary/aromatic N) is 2. The van der Waals surface area contributed by atoms with Crippen molar-refractivity contribution in [3.05, 3.63) is 142 Å². The van der Waals surface area contributed by atoms with Crippen molar-refractivity contribution in [2.24, 2.45) is 0 Å². The Morgan fingerprint density at radius 1 is 0.783 bits per heavy atom. The van der Waals surface area contributed by atoms with Crippen LogP contribution in [0.25, 0.3) is 22.2 Å². The highest BCUT2D eigenvalue weighted by Crippen LogP contribution is 2.34. The molecule has 0 atom stereocenters. The molecule has 5 aromatic carbocycles. The van der Waals surface area contributed by atoms with Crippen molar-refractivity contribution in [2.45, 2.75) is 6.92 Å². The zero-order chi connectivity index (χ0) is 32.0. The zero-order valence-electron chi connectivity index (χ0n) is 24.5. The van der Waals surface area contributed by atoms with Gasteiger partial charge in [0.05, 0.1) is 40.4 Å². The summed E-state index contributed by atoms with van der Waals surface area (Å²) in [4.78, 5) is 29.3. The topological polar surface area (TPSA) is 113 Å². The van der Waals surface area contributed by atoms with Gasteiger partial charge >= 0.3 is 0 Å². The van der Waals surface area contributed by atoms with Crippen molar-refractivity contribution in [3.8, 4) is 40.0 Å². The maximum Gasteiger partial charge on any atom is 0.276 e. The molecule has 0 aliphatic carbocycles. The molecule has 0 aliphatic heterocycles. The molecule has 0 aliphatic rings. The summed E-state index contributed by atoms with van der Waals surface area (Å²) < 4.78 is 17.2. The highest BCUT2D eigenvalue weighted by molar-refractivity contribution is 6.30. The molecule has 0 fully saturated rings. The molecule has 0 bridgehead atoms. The number of nitrogens with one attached hydrogen (secondary N) is 1. The van der Waals surface area contributed by atoms with Crippen molar-refractivity contribution < 1.29 is 23.9 Å². The van der Waals surface area contributed by atoms with Crippen LogP contribution in [0, 0.1) is 10.1 Å². The van der Waals surface area contributed by atoms with Gasteiger partial charge in [-0.25, -0.2) is 4.98 Å². The van der Waals surface area contributed by atoms with Crippen molar-refractivity contribution in [1.82, 2.24) is 4.98 Å². The van der Waals surface area contributed by atoms with Gasteiger partial charge in [0.1, 0.15) is 28.7 Å². The van der Waals surface area contributed by atoms with Crippen molar-refractivity contribution in [2.75, 3.05) is 11.9 Å². The van der Waals surface area contributed by atoms with E-state index in [4.69, 9.17) is 30.8 Å². The van der Waals surface area contributed by atoms with Gasteiger partial charge in [-0.05, 0) is 79.7 Å². The fourth-order valence-corrected chi connectivity index (χ4v) is 4.89. The Balaban J connectivity index is 1.20. The van der Waals surface area contributed by atoms with Crippen molar-refractivity contribution in [3.63, 3.8) is 0 Å². The number of aromatic nitrogens is 1. The summed E-state index contributed by atoms with van der Waals surface area (Å²) in [6.45, 7) is 2.43. The van der Waals surface area contributed by atoms with Gasteiger partial charge in [0.15, 0.2) is 0 Å². The third-order valence-corrected chi connectivity index (χ3v) is 7.15. The Morgan fingerprint density at radius 2 is 1.39 bits per heavy atom. The van der Waals surface area contributed by atoms with E-state index in [1.807, 2.05) is 43.3 Å². The monoisotopic (exact) mass is 631 g/mol. The van der Waals surface area contributed by atoms with E-state index in [9.17, 15) is 14.9 Å². The predicted octanol–water partition coefficient (Wildman–Crippen LogP) is 9.70. The highest BCUT2D eigenvalue weighted by atomic mass is 35.5. The smallest absolute Gasteiger partial charge is 0.276 e. The van der Waals surface area contributed by atoms with Gasteiger partial charge < -0.3 is 19.5 Å². The Morgan fingerprint density at radius 3 is 2.02 bits per heavy atom. The van der Waals surface area contributed by atoms with E-state index >= 15 is 0 Å². The fraction of sp³-hybridized carbons (Fsp3) is 0.0556. The Kier molecular flexibility index (Phi) is 8.75. The summed E-state index contributed by atoms with van der Waals surface area (Å²) in [7, 11) is 0. The lowest BCUT2D eigenvalue weighted by atomic mass is 10.0. The molecule has 0 radical (unpaired) electrons. The van der Waals surface area contributed by atoms with Gasteiger partial charge in [-0.1, -0.05) is 41.9 Å². The molecule has 10 heteroatoms. The van der Waals surface area contributed by atoms with E-state index < -0.39 is 4.92 Å². The van der Waals surface area contributed by atoms with Gasteiger partial charge in [-0.3, -0.25) is 14.9 Å². The molecular weight excluding hydrogens is 606 g/mol. The molecule has 228 valence electrons. The molecule has 1 amide bonds. The Hall–Kier alpha value is -5.93. The van der Waals surface area contributed by atoms with Crippen molar-refractivity contribution in [1.29, 1.82) is 0 Å². The third kappa shape index (κ3) is 7.06. The summed E-state index contributed by atoms with van der Waals surface area (Å²) in [5, 5.41) is 15.9. The summed E-state index contributed by atoms with van der Waals surface area (Å²) >= 11 is 6.06. The Labute approximate surface area is 269 Å². The molecular formula is C36H26ClN3O6. The molecule has 9 nitrogen and oxygen atoms in total. The first kappa shape index (κ1) is 30.1. The lowest BCUT2D eigenvalue weighted by Gasteiger charge is -2.12. The van der Waals surface area contributed by atoms with Crippen LogP contribution < -0.4 is 19.5 Å². The normalized spacial score (nSPS) is 10.7. The molecule has 0 saturated carbocycles. The summed E-state index contributed by atoms with van der Waals surface area (Å²) in [6.07, 6.45) is 0. The number of carbonyl (C=O) groups excluding carboxylic acids is 1. The first-order valence-electron chi connectivity index (χ1n) is 14.3. The number of benzene rings is 5. The number of fused-ring (bicyclic) bond motifs is 1. The second kappa shape index (κ2) is 13.4. The maximum absolute atomic E-state index is 13.5. The fourth-order valence-electron chi connectivity index (χ4n) is 4.76. The number of non-ortho nitro benzene ring substituents is 1. The second-order valence-corrected chi connectivity index (χ2v) is 10.5. The van der Waals surface area contributed by atoms with E-state index in [0.717, 1.165) is 5.56 Å². The first-order valence-corrected chi connectivity index (χ1v) is 14.7. The van der Waals surface area contributed by atoms with Crippen LogP contribution in [0.1, 0.15) is 17.3 Å². The van der Waals surface area contributed by atoms with E-state index in [1.54, 1.807) is 72.8 Å². The molecule has 1 heterocycles. The number of hydrogen-bond acceptors (Lipinski definition) is 7. The molecule has 46 heavy (non-hydrogen) atoms. The number of pyridine rings is 1. The minimum absolute atomic E-state index is 0.190. The average Bonchev–Trinajstić information content (AvgIpc) is 3.06. The van der Waals surface area contributed by atoms with E-state index in [0.29, 0.717) is 56.7 Å². The summed E-state index contributed by atoms with van der Waals surface area (Å²) in [5.74, 6) is 1.72. The third-order valence-electron chi connectivity index (χ3n) is 6.89. The number of hydrogen-bond donors (Lipinski definition) is 1. The van der Waals surface area contributed by atoms with Crippen LogP contribution in [-0.4, -0.2) is 22.4 Å². The van der Waals surface area contributed by atoms with Crippen LogP contribution in [0.5, 0.6) is 28.7 Å². The predicted molar refractivity (Wildman–Crippen MR) is 177 cm³/mol. The van der Waals surface area contributed by atoms with E-state index in [1.165, 1.54) is 12.1 Å². The molecule has 0 saturated heterocycles. The number of rotatable bonds is 10. The van der Waals surface area contributed by atoms with Gasteiger partial charge in [0.2, 0.25) is 0 Å². The van der Waals surface area contributed by atoms with Crippen LogP contribution in [0.4, 0.5) is 11.4 Å². The summed E-state index contributed by atoms with van der Waals surface area (Å²) in [6, 6.07) is 34.3. The average molecular weight is 632 g/mol. The highest BCUT2D eigenvalue weighted by Gasteiger charge is 2.16. The zero-order valence-corrected chi connectivity index (χ0v) is 25.2. The van der Waals surface area contributed by atoms with Gasteiger partial charge in [-0.15, -0.1) is 0 Å². The summed E-state index contributed by atoms with van der Waals surface area (Å²) in [5.41, 5.74) is 2.97. The molecule has 1 aromatic heterocycles. The molecule has 6 rings (SSSR count). The minimum atomic E-state index is -0.516. The number of amides is 1. The lowest BCUT2D eigenvalue weighted by molar-refractivity contribution is -0.385. The number of nitro benzene ring substituents is 1. The van der Waals surface area contributed by atoms with Gasteiger partial charge in [-0.2, -0.15) is 0 Å². The standard InChI is InChI=1S/C36H26ClN3O6/c1-2-44-27-15-17-29(18-16-27)46-31-20-26(40(42)43)19-30(21-31)45-28-13-11-25(12-14-28)38-36(41)33-22-35(23-7-9-24(37)10-8-23)39-34-6-4-3-5-32(33)34/h3-22H,2H2,1H3,(H,38,41). The van der Waals surface area contributed by atoms with Crippen LogP contribution in [0.15, 0.2) is 121 Å². The second-order valence-electron chi connectivity index (χ2n) is 10.1. The SMILES string of the molecule is CCOc1ccc(Oc2cc(Oc3ccc(NC(=O)c4cc(-c5ccc(Cl)cc5)nc5ccccc45)cc3)cc([N+](=O)[O-])c2)cc1. The number of nitro groups is 1. The molecule has 0 spiro atoms. The van der Waals surface area contributed by atoms with Crippen LogP contribution >= 0.6 is 11.6 Å². The number of para-hydroxylation sites is 1. The molecule has 1 N–H and O–H groups in total. The number of anilines is 1. The quantitative estimate of drug-likeness (QED) is 0.118. The first-order chi connectivity index (χ1) is 22.3. The van der Waals surface area contributed by atoms with Crippen LogP contribution in [-0.2, 0) is 0 Å².